The van der Waals surface area contributed by atoms with E-state index in [1.165, 1.54) is 0 Å². The Morgan fingerprint density at radius 1 is 1.00 bits per heavy atom. The number of anilines is 1. The van der Waals surface area contributed by atoms with Crippen LogP contribution in [-0.4, -0.2) is 27.0 Å². The van der Waals surface area contributed by atoms with Crippen molar-refractivity contribution in [3.8, 4) is 5.75 Å². The smallest absolute Gasteiger partial charge is 0.240 e. The number of sulfonamides is 1. The van der Waals surface area contributed by atoms with Crippen LogP contribution in [0.25, 0.3) is 0 Å². The predicted molar refractivity (Wildman–Crippen MR) is 111 cm³/mol. The van der Waals surface area contributed by atoms with Gasteiger partial charge < -0.3 is 10.1 Å². The number of ether oxygens (including phenoxy) is 1. The summed E-state index contributed by atoms with van der Waals surface area (Å²) in [6.07, 6.45) is 0.110. The molecule has 0 radical (unpaired) electrons. The third-order valence-electron chi connectivity index (χ3n) is 4.28. The first kappa shape index (κ1) is 21.9. The molecule has 0 aromatic heterocycles. The van der Waals surface area contributed by atoms with Gasteiger partial charge in [0.25, 0.3) is 0 Å². The minimum Gasteiger partial charge on any atom is -0.491 e. The molecular formula is C21H28N2O4S. The van der Waals surface area contributed by atoms with Gasteiger partial charge in [0.2, 0.25) is 15.9 Å². The Balaban J connectivity index is 1.91. The van der Waals surface area contributed by atoms with Gasteiger partial charge in [-0.05, 0) is 81.6 Å². The number of hydrogen-bond donors (Lipinski definition) is 2. The maximum atomic E-state index is 12.4. The summed E-state index contributed by atoms with van der Waals surface area (Å²) in [5, 5.41) is 2.80. The molecule has 152 valence electrons. The van der Waals surface area contributed by atoms with Gasteiger partial charge in [0.15, 0.2) is 0 Å². The zero-order valence-corrected chi connectivity index (χ0v) is 17.8. The number of rotatable bonds is 8. The number of carbonyl (C=O) groups excluding carboxylic acids is 1. The molecule has 0 bridgehead atoms. The second-order valence-electron chi connectivity index (χ2n) is 7.09. The molecule has 2 N–H and O–H groups in total. The summed E-state index contributed by atoms with van der Waals surface area (Å²) in [5.74, 6) is 0.482. The Morgan fingerprint density at radius 3 is 2.32 bits per heavy atom. The molecule has 2 rings (SSSR count). The molecule has 6 nitrogen and oxygen atoms in total. The van der Waals surface area contributed by atoms with Crippen LogP contribution < -0.4 is 14.8 Å². The summed E-state index contributed by atoms with van der Waals surface area (Å²) in [6, 6.07) is 10.4. The number of benzene rings is 2. The summed E-state index contributed by atoms with van der Waals surface area (Å²) in [7, 11) is -3.64. The van der Waals surface area contributed by atoms with E-state index < -0.39 is 10.0 Å². The molecule has 0 saturated heterocycles. The highest BCUT2D eigenvalue weighted by Crippen LogP contribution is 2.22. The van der Waals surface area contributed by atoms with Gasteiger partial charge in [-0.3, -0.25) is 4.79 Å². The van der Waals surface area contributed by atoms with Crippen molar-refractivity contribution in [1.82, 2.24) is 4.72 Å². The van der Waals surface area contributed by atoms with E-state index in [4.69, 9.17) is 4.74 Å². The van der Waals surface area contributed by atoms with Crippen molar-refractivity contribution in [1.29, 1.82) is 0 Å². The average molecular weight is 405 g/mol. The molecule has 0 saturated carbocycles. The van der Waals surface area contributed by atoms with Crippen molar-refractivity contribution >= 4 is 21.6 Å². The molecule has 7 heteroatoms. The van der Waals surface area contributed by atoms with Crippen LogP contribution in [0.4, 0.5) is 5.69 Å². The first-order valence-electron chi connectivity index (χ1n) is 9.22. The lowest BCUT2D eigenvalue weighted by Gasteiger charge is -2.13. The standard InChI is InChI=1S/C21H28N2O4S/c1-14(2)27-18-7-9-20(17(5)12-18)23-21(24)10-11-22-28(25,26)19-8-6-15(3)16(4)13-19/h6-9,12-14,22H,10-11H2,1-5H3,(H,23,24). The number of carbonyl (C=O) groups is 1. The molecule has 2 aromatic carbocycles. The fourth-order valence-corrected chi connectivity index (χ4v) is 3.71. The molecule has 0 fully saturated rings. The monoisotopic (exact) mass is 404 g/mol. The van der Waals surface area contributed by atoms with Crippen molar-refractivity contribution in [2.45, 2.75) is 52.0 Å². The van der Waals surface area contributed by atoms with Crippen LogP contribution in [0.3, 0.4) is 0 Å². The topological polar surface area (TPSA) is 84.5 Å². The lowest BCUT2D eigenvalue weighted by Crippen LogP contribution is -2.28. The van der Waals surface area contributed by atoms with Crippen LogP contribution in [0.15, 0.2) is 41.3 Å². The molecule has 0 heterocycles. The van der Waals surface area contributed by atoms with Crippen LogP contribution >= 0.6 is 0 Å². The third-order valence-corrected chi connectivity index (χ3v) is 5.74. The molecule has 1 amide bonds. The second kappa shape index (κ2) is 9.21. The van der Waals surface area contributed by atoms with Gasteiger partial charge in [-0.25, -0.2) is 13.1 Å². The fraction of sp³-hybridized carbons (Fsp3) is 0.381. The van der Waals surface area contributed by atoms with E-state index in [-0.39, 0.29) is 29.9 Å². The molecule has 0 atom stereocenters. The number of aryl methyl sites for hydroxylation is 3. The van der Waals surface area contributed by atoms with Gasteiger partial charge in [-0.2, -0.15) is 0 Å². The van der Waals surface area contributed by atoms with Crippen molar-refractivity contribution < 1.29 is 17.9 Å². The van der Waals surface area contributed by atoms with Crippen molar-refractivity contribution in [2.24, 2.45) is 0 Å². The SMILES string of the molecule is Cc1ccc(S(=O)(=O)NCCC(=O)Nc2ccc(OC(C)C)cc2C)cc1C. The summed E-state index contributed by atoms with van der Waals surface area (Å²) < 4.78 is 32.8. The first-order chi connectivity index (χ1) is 13.1. The van der Waals surface area contributed by atoms with Crippen molar-refractivity contribution in [2.75, 3.05) is 11.9 Å². The minimum absolute atomic E-state index is 0.0225. The van der Waals surface area contributed by atoms with Gasteiger partial charge in [0.1, 0.15) is 5.75 Å². The summed E-state index contributed by atoms with van der Waals surface area (Å²) in [5.41, 5.74) is 3.49. The third kappa shape index (κ3) is 6.07. The number of hydrogen-bond acceptors (Lipinski definition) is 4. The molecular weight excluding hydrogens is 376 g/mol. The summed E-state index contributed by atoms with van der Waals surface area (Å²) >= 11 is 0. The van der Waals surface area contributed by atoms with Crippen molar-refractivity contribution in [3.05, 3.63) is 53.1 Å². The highest BCUT2D eigenvalue weighted by Gasteiger charge is 2.15. The maximum absolute atomic E-state index is 12.4. The highest BCUT2D eigenvalue weighted by molar-refractivity contribution is 7.89. The molecule has 28 heavy (non-hydrogen) atoms. The largest absolute Gasteiger partial charge is 0.491 e. The van der Waals surface area contributed by atoms with Crippen LogP contribution in [0, 0.1) is 20.8 Å². The lowest BCUT2D eigenvalue weighted by atomic mass is 10.1. The molecule has 2 aromatic rings. The number of nitrogens with one attached hydrogen (secondary N) is 2. The molecule has 0 unspecified atom stereocenters. The van der Waals surface area contributed by atoms with E-state index in [2.05, 4.69) is 10.0 Å². The van der Waals surface area contributed by atoms with E-state index in [0.29, 0.717) is 5.69 Å². The Labute approximate surface area is 167 Å². The summed E-state index contributed by atoms with van der Waals surface area (Å²) in [4.78, 5) is 12.4. The summed E-state index contributed by atoms with van der Waals surface area (Å²) in [6.45, 7) is 9.59. The zero-order chi connectivity index (χ0) is 20.9. The van der Waals surface area contributed by atoms with Crippen molar-refractivity contribution in [3.63, 3.8) is 0 Å². The van der Waals surface area contributed by atoms with E-state index in [0.717, 1.165) is 22.4 Å². The van der Waals surface area contributed by atoms with E-state index in [1.54, 1.807) is 30.3 Å². The molecule has 0 spiro atoms. The van der Waals surface area contributed by atoms with Gasteiger partial charge in [-0.15, -0.1) is 0 Å². The van der Waals surface area contributed by atoms with E-state index in [9.17, 15) is 13.2 Å². The Kier molecular flexibility index (Phi) is 7.21. The first-order valence-corrected chi connectivity index (χ1v) is 10.7. The predicted octanol–water partition coefficient (Wildman–Crippen LogP) is 3.71. The zero-order valence-electron chi connectivity index (χ0n) is 17.0. The highest BCUT2D eigenvalue weighted by atomic mass is 32.2. The number of amides is 1. The minimum atomic E-state index is -3.64. The Bertz CT molecular complexity index is 953. The second-order valence-corrected chi connectivity index (χ2v) is 8.85. The van der Waals surface area contributed by atoms with Gasteiger partial charge in [0, 0.05) is 18.7 Å². The molecule has 0 aliphatic rings. The maximum Gasteiger partial charge on any atom is 0.240 e. The van der Waals surface area contributed by atoms with Gasteiger partial charge in [-0.1, -0.05) is 6.07 Å². The van der Waals surface area contributed by atoms with Gasteiger partial charge in [0.05, 0.1) is 11.0 Å². The quantitative estimate of drug-likeness (QED) is 0.702. The Morgan fingerprint density at radius 2 is 1.71 bits per heavy atom. The normalized spacial score (nSPS) is 11.5. The van der Waals surface area contributed by atoms with E-state index >= 15 is 0 Å². The van der Waals surface area contributed by atoms with Crippen LogP contribution in [0.5, 0.6) is 5.75 Å². The Hall–Kier alpha value is -2.38. The molecule has 0 aliphatic carbocycles. The van der Waals surface area contributed by atoms with Crippen LogP contribution in [0.1, 0.15) is 37.0 Å². The molecule has 0 aliphatic heterocycles. The van der Waals surface area contributed by atoms with E-state index in [1.807, 2.05) is 40.7 Å². The van der Waals surface area contributed by atoms with Gasteiger partial charge >= 0.3 is 0 Å². The van der Waals surface area contributed by atoms with Crippen LogP contribution in [-0.2, 0) is 14.8 Å². The van der Waals surface area contributed by atoms with Crippen LogP contribution in [0.2, 0.25) is 0 Å². The fourth-order valence-electron chi connectivity index (χ4n) is 2.60. The lowest BCUT2D eigenvalue weighted by molar-refractivity contribution is -0.116. The average Bonchev–Trinajstić information content (AvgIpc) is 2.59.